The number of anilines is 1. The molecule has 19 heavy (non-hydrogen) atoms. The number of carbonyl (C=O) groups is 1. The Labute approximate surface area is 118 Å². The minimum absolute atomic E-state index is 0.116. The summed E-state index contributed by atoms with van der Waals surface area (Å²) in [5.74, 6) is 0.450. The van der Waals surface area contributed by atoms with E-state index in [2.05, 4.69) is 43.3 Å². The fourth-order valence-corrected chi connectivity index (χ4v) is 2.78. The van der Waals surface area contributed by atoms with Crippen molar-refractivity contribution in [3.8, 4) is 0 Å². The largest absolute Gasteiger partial charge is 0.372 e. The Morgan fingerprint density at radius 3 is 2.32 bits per heavy atom. The van der Waals surface area contributed by atoms with E-state index in [1.54, 1.807) is 13.1 Å². The zero-order chi connectivity index (χ0) is 14.4. The summed E-state index contributed by atoms with van der Waals surface area (Å²) >= 11 is 6.03. The van der Waals surface area contributed by atoms with Crippen LogP contribution in [0.5, 0.6) is 0 Å². The number of carbonyl (C=O) groups excluding carboxylic acids is 1. The lowest BCUT2D eigenvalue weighted by Gasteiger charge is -2.08. The minimum Gasteiger partial charge on any atom is -0.372 e. The van der Waals surface area contributed by atoms with E-state index in [1.165, 1.54) is 6.20 Å². The van der Waals surface area contributed by atoms with Gasteiger partial charge in [-0.1, -0.05) is 39.3 Å². The van der Waals surface area contributed by atoms with Crippen molar-refractivity contribution in [2.45, 2.75) is 33.7 Å². The van der Waals surface area contributed by atoms with E-state index in [-0.39, 0.29) is 22.8 Å². The fraction of sp³-hybridized carbons (Fsp3) is 0.571. The van der Waals surface area contributed by atoms with Gasteiger partial charge in [-0.2, -0.15) is 0 Å². The topological polar surface area (TPSA) is 54.0 Å². The molecule has 0 aliphatic heterocycles. The van der Waals surface area contributed by atoms with Gasteiger partial charge in [-0.3, -0.25) is 4.79 Å². The van der Waals surface area contributed by atoms with E-state index < -0.39 is 0 Å². The average Bonchev–Trinajstić information content (AvgIpc) is 2.71. The molecular formula is C14H20ClN3O. The van der Waals surface area contributed by atoms with Gasteiger partial charge in [0.2, 0.25) is 0 Å². The van der Waals surface area contributed by atoms with E-state index in [0.717, 1.165) is 0 Å². The molecule has 2 N–H and O–H groups in total. The molecule has 0 radical (unpaired) electrons. The normalized spacial score (nSPS) is 19.9. The standard InChI is InChI=1S/C14H20ClN3O/c1-13(2)12(14(13,3)4)18-11(19)8-6-9(15)10(16-5)17-7-8/h6-7,12H,1-5H3,(H,16,17)(H,18,19). The van der Waals surface area contributed by atoms with Crippen LogP contribution in [0.25, 0.3) is 0 Å². The summed E-state index contributed by atoms with van der Waals surface area (Å²) in [6.45, 7) is 8.64. The fourth-order valence-electron chi connectivity index (χ4n) is 2.52. The lowest BCUT2D eigenvalue weighted by molar-refractivity contribution is 0.0943. The highest BCUT2D eigenvalue weighted by Gasteiger charge is 2.65. The average molecular weight is 282 g/mol. The van der Waals surface area contributed by atoms with Crippen LogP contribution in [0.3, 0.4) is 0 Å². The zero-order valence-electron chi connectivity index (χ0n) is 12.0. The number of amides is 1. The molecule has 1 aliphatic rings. The number of nitrogens with one attached hydrogen (secondary N) is 2. The third-order valence-corrected chi connectivity index (χ3v) is 4.92. The Bertz CT molecular complexity index is 511. The van der Waals surface area contributed by atoms with Gasteiger partial charge in [-0.25, -0.2) is 4.98 Å². The monoisotopic (exact) mass is 281 g/mol. The third kappa shape index (κ3) is 2.18. The van der Waals surface area contributed by atoms with Gasteiger partial charge in [0.05, 0.1) is 10.6 Å². The number of halogens is 1. The molecule has 1 aromatic heterocycles. The maximum absolute atomic E-state index is 12.2. The van der Waals surface area contributed by atoms with Gasteiger partial charge in [0.15, 0.2) is 0 Å². The van der Waals surface area contributed by atoms with Crippen molar-refractivity contribution in [2.75, 3.05) is 12.4 Å². The molecule has 4 nitrogen and oxygen atoms in total. The molecule has 104 valence electrons. The first kappa shape index (κ1) is 14.1. The Balaban J connectivity index is 2.12. The van der Waals surface area contributed by atoms with Gasteiger partial charge in [-0.05, 0) is 16.9 Å². The van der Waals surface area contributed by atoms with E-state index in [9.17, 15) is 4.79 Å². The van der Waals surface area contributed by atoms with Crippen molar-refractivity contribution in [3.63, 3.8) is 0 Å². The Kier molecular flexibility index (Phi) is 3.25. The molecule has 1 amide bonds. The Morgan fingerprint density at radius 2 is 1.89 bits per heavy atom. The van der Waals surface area contributed by atoms with Gasteiger partial charge in [0.25, 0.3) is 5.91 Å². The molecule has 5 heteroatoms. The molecule has 0 aromatic carbocycles. The predicted octanol–water partition coefficient (Wildman–Crippen LogP) is 2.94. The maximum Gasteiger partial charge on any atom is 0.253 e. The van der Waals surface area contributed by atoms with Gasteiger partial charge < -0.3 is 10.6 Å². The summed E-state index contributed by atoms with van der Waals surface area (Å²) in [6, 6.07) is 1.81. The molecular weight excluding hydrogens is 262 g/mol. The van der Waals surface area contributed by atoms with Crippen LogP contribution in [-0.4, -0.2) is 24.0 Å². The molecule has 0 saturated heterocycles. The first-order chi connectivity index (χ1) is 8.71. The van der Waals surface area contributed by atoms with Crippen molar-refractivity contribution < 1.29 is 4.79 Å². The van der Waals surface area contributed by atoms with Crippen molar-refractivity contribution in [3.05, 3.63) is 22.8 Å². The SMILES string of the molecule is CNc1ncc(C(=O)NC2C(C)(C)C2(C)C)cc1Cl. The van der Waals surface area contributed by atoms with E-state index >= 15 is 0 Å². The molecule has 0 atom stereocenters. The van der Waals surface area contributed by atoms with Gasteiger partial charge in [-0.15, -0.1) is 0 Å². The Morgan fingerprint density at radius 1 is 1.32 bits per heavy atom. The number of hydrogen-bond acceptors (Lipinski definition) is 3. The van der Waals surface area contributed by atoms with Crippen molar-refractivity contribution in [1.29, 1.82) is 0 Å². The van der Waals surface area contributed by atoms with Gasteiger partial charge >= 0.3 is 0 Å². The summed E-state index contributed by atoms with van der Waals surface area (Å²) in [6.07, 6.45) is 1.54. The number of rotatable bonds is 3. The van der Waals surface area contributed by atoms with Crippen LogP contribution in [0, 0.1) is 10.8 Å². The van der Waals surface area contributed by atoms with Crippen LogP contribution in [-0.2, 0) is 0 Å². The van der Waals surface area contributed by atoms with Gasteiger partial charge in [0, 0.05) is 19.3 Å². The van der Waals surface area contributed by atoms with Crippen molar-refractivity contribution in [2.24, 2.45) is 10.8 Å². The Hall–Kier alpha value is -1.29. The highest BCUT2D eigenvalue weighted by molar-refractivity contribution is 6.33. The number of aromatic nitrogens is 1. The summed E-state index contributed by atoms with van der Waals surface area (Å²) in [5, 5.41) is 6.37. The quantitative estimate of drug-likeness (QED) is 0.896. The summed E-state index contributed by atoms with van der Waals surface area (Å²) in [7, 11) is 1.74. The van der Waals surface area contributed by atoms with Crippen LogP contribution < -0.4 is 10.6 Å². The lowest BCUT2D eigenvalue weighted by atomic mass is 10.0. The molecule has 0 unspecified atom stereocenters. The predicted molar refractivity (Wildman–Crippen MR) is 77.6 cm³/mol. The molecule has 0 bridgehead atoms. The molecule has 0 spiro atoms. The molecule has 1 saturated carbocycles. The first-order valence-corrected chi connectivity index (χ1v) is 6.73. The smallest absolute Gasteiger partial charge is 0.253 e. The highest BCUT2D eigenvalue weighted by atomic mass is 35.5. The number of hydrogen-bond donors (Lipinski definition) is 2. The van der Waals surface area contributed by atoms with Crippen LogP contribution in [0.15, 0.2) is 12.3 Å². The van der Waals surface area contributed by atoms with E-state index in [1.807, 2.05) is 0 Å². The molecule has 1 aromatic rings. The molecule has 2 rings (SSSR count). The van der Waals surface area contributed by atoms with Crippen LogP contribution >= 0.6 is 11.6 Å². The van der Waals surface area contributed by atoms with Crippen molar-refractivity contribution in [1.82, 2.24) is 10.3 Å². The lowest BCUT2D eigenvalue weighted by Crippen LogP contribution is -2.29. The van der Waals surface area contributed by atoms with Crippen LogP contribution in [0.2, 0.25) is 5.02 Å². The van der Waals surface area contributed by atoms with Crippen LogP contribution in [0.4, 0.5) is 5.82 Å². The second-order valence-electron chi connectivity index (χ2n) is 6.15. The first-order valence-electron chi connectivity index (χ1n) is 6.36. The van der Waals surface area contributed by atoms with Crippen molar-refractivity contribution >= 4 is 23.3 Å². The zero-order valence-corrected chi connectivity index (χ0v) is 12.7. The second-order valence-corrected chi connectivity index (χ2v) is 6.56. The summed E-state index contributed by atoms with van der Waals surface area (Å²) in [4.78, 5) is 16.3. The van der Waals surface area contributed by atoms with Crippen LogP contribution in [0.1, 0.15) is 38.1 Å². The summed E-state index contributed by atoms with van der Waals surface area (Å²) in [5.41, 5.74) is 0.720. The third-order valence-electron chi connectivity index (χ3n) is 4.64. The van der Waals surface area contributed by atoms with E-state index in [0.29, 0.717) is 16.4 Å². The van der Waals surface area contributed by atoms with Gasteiger partial charge in [0.1, 0.15) is 5.82 Å². The van der Waals surface area contributed by atoms with E-state index in [4.69, 9.17) is 11.6 Å². The molecule has 1 heterocycles. The molecule has 1 aliphatic carbocycles. The second kappa shape index (κ2) is 4.37. The number of pyridine rings is 1. The number of nitrogens with zero attached hydrogens (tertiary/aromatic N) is 1. The summed E-state index contributed by atoms with van der Waals surface area (Å²) < 4.78 is 0. The minimum atomic E-state index is -0.124. The maximum atomic E-state index is 12.2. The highest BCUT2D eigenvalue weighted by Crippen LogP contribution is 2.62. The molecule has 1 fully saturated rings.